The number of nitrogens with zero attached hydrogens (tertiary/aromatic N) is 2. The van der Waals surface area contributed by atoms with Gasteiger partial charge in [0, 0.05) is 25.0 Å². The first-order chi connectivity index (χ1) is 11.7. The number of para-hydroxylation sites is 2. The first-order valence-corrected chi connectivity index (χ1v) is 8.38. The molecule has 0 bridgehead atoms. The lowest BCUT2D eigenvalue weighted by atomic mass is 10.2. The fourth-order valence-electron chi connectivity index (χ4n) is 3.54. The molecule has 4 heteroatoms. The third-order valence-corrected chi connectivity index (χ3v) is 5.05. The van der Waals surface area contributed by atoms with Gasteiger partial charge in [0.1, 0.15) is 0 Å². The number of fused-ring (bicyclic) bond motifs is 1. The van der Waals surface area contributed by atoms with Crippen LogP contribution in [0.25, 0.3) is 0 Å². The van der Waals surface area contributed by atoms with Crippen LogP contribution in [0.2, 0.25) is 0 Å². The lowest BCUT2D eigenvalue weighted by Gasteiger charge is -2.19. The van der Waals surface area contributed by atoms with E-state index in [-0.39, 0.29) is 23.7 Å². The van der Waals surface area contributed by atoms with Gasteiger partial charge in [-0.05, 0) is 36.6 Å². The Morgan fingerprint density at radius 2 is 1.71 bits per heavy atom. The van der Waals surface area contributed by atoms with Crippen LogP contribution in [0.1, 0.15) is 12.0 Å². The molecule has 2 unspecified atom stereocenters. The molecule has 1 fully saturated rings. The molecule has 2 aromatic rings. The summed E-state index contributed by atoms with van der Waals surface area (Å²) in [6, 6.07) is 17.6. The summed E-state index contributed by atoms with van der Waals surface area (Å²) in [5, 5.41) is 0. The van der Waals surface area contributed by atoms with E-state index < -0.39 is 0 Å². The largest absolute Gasteiger partial charge is 0.315 e. The monoisotopic (exact) mass is 320 g/mol. The number of rotatable bonds is 3. The zero-order chi connectivity index (χ0) is 16.7. The third kappa shape index (κ3) is 2.48. The summed E-state index contributed by atoms with van der Waals surface area (Å²) in [6.45, 7) is 0.726. The van der Waals surface area contributed by atoms with Gasteiger partial charge in [0.25, 0.3) is 0 Å². The summed E-state index contributed by atoms with van der Waals surface area (Å²) in [5.41, 5.74) is 3.10. The van der Waals surface area contributed by atoms with Gasteiger partial charge in [-0.15, -0.1) is 0 Å². The van der Waals surface area contributed by atoms with Crippen molar-refractivity contribution in [2.45, 2.75) is 12.8 Å². The van der Waals surface area contributed by atoms with Crippen LogP contribution in [0.4, 0.5) is 11.4 Å². The van der Waals surface area contributed by atoms with E-state index in [1.807, 2.05) is 53.4 Å². The van der Waals surface area contributed by atoms with Crippen LogP contribution < -0.4 is 9.80 Å². The van der Waals surface area contributed by atoms with E-state index in [1.54, 1.807) is 11.9 Å². The number of carbonyl (C=O) groups excluding carboxylic acids is 2. The number of amides is 2. The number of benzene rings is 2. The maximum atomic E-state index is 12.8. The Balaban J connectivity index is 1.45. The van der Waals surface area contributed by atoms with Gasteiger partial charge >= 0.3 is 0 Å². The second-order valence-corrected chi connectivity index (χ2v) is 6.55. The van der Waals surface area contributed by atoms with Crippen LogP contribution >= 0.6 is 0 Å². The molecule has 1 aliphatic carbocycles. The minimum atomic E-state index is -0.185. The lowest BCUT2D eigenvalue weighted by Crippen LogP contribution is -2.34. The highest BCUT2D eigenvalue weighted by Gasteiger charge is 2.51. The van der Waals surface area contributed by atoms with Gasteiger partial charge in [-0.2, -0.15) is 0 Å². The zero-order valence-electron chi connectivity index (χ0n) is 13.7. The van der Waals surface area contributed by atoms with Gasteiger partial charge in [-0.3, -0.25) is 9.59 Å². The van der Waals surface area contributed by atoms with Crippen molar-refractivity contribution in [2.24, 2.45) is 11.8 Å². The molecule has 24 heavy (non-hydrogen) atoms. The molecular weight excluding hydrogens is 300 g/mol. The van der Waals surface area contributed by atoms with E-state index in [9.17, 15) is 9.59 Å². The van der Waals surface area contributed by atoms with Crippen molar-refractivity contribution >= 4 is 23.2 Å². The van der Waals surface area contributed by atoms with Gasteiger partial charge in [-0.25, -0.2) is 0 Å². The second-order valence-electron chi connectivity index (χ2n) is 6.55. The molecule has 2 amide bonds. The summed E-state index contributed by atoms with van der Waals surface area (Å²) in [6.07, 6.45) is 1.56. The van der Waals surface area contributed by atoms with Gasteiger partial charge in [0.05, 0.1) is 11.8 Å². The summed E-state index contributed by atoms with van der Waals surface area (Å²) in [4.78, 5) is 29.0. The standard InChI is InChI=1S/C20H20N2O2/c1-21(15-8-3-2-4-9-15)19(23)16-13-17(16)20(24)22-12-11-14-7-5-6-10-18(14)22/h2-10,16-17H,11-13H2,1H3. The Bertz CT molecular complexity index is 787. The fraction of sp³-hybridized carbons (Fsp3) is 0.300. The van der Waals surface area contributed by atoms with Gasteiger partial charge < -0.3 is 9.80 Å². The first kappa shape index (κ1) is 14.9. The number of hydrogen-bond donors (Lipinski definition) is 0. The Labute approximate surface area is 141 Å². The molecule has 2 aromatic carbocycles. The van der Waals surface area contributed by atoms with E-state index in [0.717, 1.165) is 24.3 Å². The van der Waals surface area contributed by atoms with Gasteiger partial charge in [0.15, 0.2) is 0 Å². The van der Waals surface area contributed by atoms with Crippen LogP contribution in [0.3, 0.4) is 0 Å². The van der Waals surface area contributed by atoms with Crippen LogP contribution in [-0.2, 0) is 16.0 Å². The highest BCUT2D eigenvalue weighted by atomic mass is 16.2. The van der Waals surface area contributed by atoms with Crippen molar-refractivity contribution < 1.29 is 9.59 Å². The lowest BCUT2D eigenvalue weighted by molar-refractivity contribution is -0.124. The van der Waals surface area contributed by atoms with E-state index >= 15 is 0 Å². The fourth-order valence-corrected chi connectivity index (χ4v) is 3.54. The van der Waals surface area contributed by atoms with Crippen LogP contribution in [0, 0.1) is 11.8 Å². The predicted octanol–water partition coefficient (Wildman–Crippen LogP) is 2.87. The van der Waals surface area contributed by atoms with Gasteiger partial charge in [-0.1, -0.05) is 36.4 Å². The smallest absolute Gasteiger partial charge is 0.230 e. The Kier molecular flexibility index (Phi) is 3.60. The normalized spacial score (nSPS) is 21.3. The minimum absolute atomic E-state index is 0.0343. The van der Waals surface area contributed by atoms with Crippen molar-refractivity contribution in [1.29, 1.82) is 0 Å². The molecule has 2 aliphatic rings. The van der Waals surface area contributed by atoms with Crippen LogP contribution in [0.5, 0.6) is 0 Å². The predicted molar refractivity (Wildman–Crippen MR) is 93.9 cm³/mol. The minimum Gasteiger partial charge on any atom is -0.315 e. The van der Waals surface area contributed by atoms with Crippen molar-refractivity contribution in [3.8, 4) is 0 Å². The molecule has 0 N–H and O–H groups in total. The summed E-state index contributed by atoms with van der Waals surface area (Å²) in [7, 11) is 1.78. The highest BCUT2D eigenvalue weighted by molar-refractivity contribution is 6.05. The molecule has 0 spiro atoms. The van der Waals surface area contributed by atoms with Crippen molar-refractivity contribution in [3.05, 3.63) is 60.2 Å². The molecule has 0 radical (unpaired) electrons. The molecule has 1 saturated carbocycles. The third-order valence-electron chi connectivity index (χ3n) is 5.05. The van der Waals surface area contributed by atoms with E-state index in [0.29, 0.717) is 6.42 Å². The highest BCUT2D eigenvalue weighted by Crippen LogP contribution is 2.43. The molecule has 2 atom stereocenters. The molecule has 4 rings (SSSR count). The van der Waals surface area contributed by atoms with Crippen LogP contribution in [0.15, 0.2) is 54.6 Å². The average molecular weight is 320 g/mol. The summed E-state index contributed by atoms with van der Waals surface area (Å²) >= 11 is 0. The summed E-state index contributed by atoms with van der Waals surface area (Å²) < 4.78 is 0. The second kappa shape index (κ2) is 5.78. The number of carbonyl (C=O) groups is 2. The zero-order valence-corrected chi connectivity index (χ0v) is 13.7. The Hall–Kier alpha value is -2.62. The molecule has 1 aliphatic heterocycles. The molecule has 0 saturated heterocycles. The molecule has 1 heterocycles. The van der Waals surface area contributed by atoms with Crippen molar-refractivity contribution in [1.82, 2.24) is 0 Å². The summed E-state index contributed by atoms with van der Waals surface area (Å²) in [5.74, 6) is -0.225. The van der Waals surface area contributed by atoms with Crippen molar-refractivity contribution in [2.75, 3.05) is 23.4 Å². The maximum absolute atomic E-state index is 12.8. The molecule has 122 valence electrons. The van der Waals surface area contributed by atoms with Crippen LogP contribution in [-0.4, -0.2) is 25.4 Å². The quantitative estimate of drug-likeness (QED) is 0.872. The van der Waals surface area contributed by atoms with Crippen molar-refractivity contribution in [3.63, 3.8) is 0 Å². The molecular formula is C20H20N2O2. The maximum Gasteiger partial charge on any atom is 0.230 e. The number of anilines is 2. The SMILES string of the molecule is CN(C(=O)C1CC1C(=O)N1CCc2ccccc21)c1ccccc1. The van der Waals surface area contributed by atoms with Gasteiger partial charge in [0.2, 0.25) is 11.8 Å². The first-order valence-electron chi connectivity index (χ1n) is 8.38. The molecule has 0 aromatic heterocycles. The van der Waals surface area contributed by atoms with E-state index in [1.165, 1.54) is 5.56 Å². The molecule has 4 nitrogen and oxygen atoms in total. The number of hydrogen-bond acceptors (Lipinski definition) is 2. The van der Waals surface area contributed by atoms with E-state index in [4.69, 9.17) is 0 Å². The average Bonchev–Trinajstić information content (AvgIpc) is 3.32. The Morgan fingerprint density at radius 3 is 2.50 bits per heavy atom. The van der Waals surface area contributed by atoms with E-state index in [2.05, 4.69) is 6.07 Å². The topological polar surface area (TPSA) is 40.6 Å². The Morgan fingerprint density at radius 1 is 1.00 bits per heavy atom.